The fourth-order valence-electron chi connectivity index (χ4n) is 1.50. The van der Waals surface area contributed by atoms with Crippen LogP contribution in [0.2, 0.25) is 5.02 Å². The first-order valence-corrected chi connectivity index (χ1v) is 5.10. The predicted octanol–water partition coefficient (Wildman–Crippen LogP) is 3.24. The van der Waals surface area contributed by atoms with E-state index in [0.717, 1.165) is 0 Å². The van der Waals surface area contributed by atoms with Crippen LogP contribution in [0.15, 0.2) is 36.7 Å². The number of hydrogen-bond acceptors (Lipinski definition) is 2. The summed E-state index contributed by atoms with van der Waals surface area (Å²) in [4.78, 5) is 14.7. The minimum absolute atomic E-state index is 0.0614. The Labute approximate surface area is 101 Å². The molecule has 0 saturated heterocycles. The summed E-state index contributed by atoms with van der Waals surface area (Å²) in [5, 5.41) is 9.33. The highest BCUT2D eigenvalue weighted by atomic mass is 35.5. The van der Waals surface area contributed by atoms with Crippen LogP contribution < -0.4 is 0 Å². The van der Waals surface area contributed by atoms with Crippen molar-refractivity contribution >= 4 is 17.6 Å². The van der Waals surface area contributed by atoms with Gasteiger partial charge in [-0.3, -0.25) is 4.98 Å². The van der Waals surface area contributed by atoms with Crippen LogP contribution in [0.1, 0.15) is 10.4 Å². The second-order valence-electron chi connectivity index (χ2n) is 3.35. The molecule has 86 valence electrons. The largest absolute Gasteiger partial charge is 0.478 e. The Kier molecular flexibility index (Phi) is 3.06. The molecule has 0 aliphatic rings. The van der Waals surface area contributed by atoms with Crippen LogP contribution in [0.25, 0.3) is 11.1 Å². The molecule has 17 heavy (non-hydrogen) atoms. The van der Waals surface area contributed by atoms with Crippen LogP contribution in [0, 0.1) is 5.82 Å². The molecule has 1 aromatic carbocycles. The van der Waals surface area contributed by atoms with Crippen molar-refractivity contribution in [2.24, 2.45) is 0 Å². The monoisotopic (exact) mass is 251 g/mol. The van der Waals surface area contributed by atoms with Crippen molar-refractivity contribution in [1.82, 2.24) is 4.98 Å². The van der Waals surface area contributed by atoms with Crippen molar-refractivity contribution < 1.29 is 14.3 Å². The van der Waals surface area contributed by atoms with Gasteiger partial charge in [0.05, 0.1) is 5.56 Å². The van der Waals surface area contributed by atoms with E-state index in [1.165, 1.54) is 36.7 Å². The van der Waals surface area contributed by atoms with Crippen LogP contribution >= 0.6 is 11.6 Å². The molecule has 0 spiro atoms. The van der Waals surface area contributed by atoms with Gasteiger partial charge in [-0.05, 0) is 24.3 Å². The number of aromatic nitrogens is 1. The summed E-state index contributed by atoms with van der Waals surface area (Å²) in [6.45, 7) is 0. The number of hydrogen-bond donors (Lipinski definition) is 1. The summed E-state index contributed by atoms with van der Waals surface area (Å²) in [6, 6.07) is 5.43. The lowest BCUT2D eigenvalue weighted by atomic mass is 10.0. The van der Waals surface area contributed by atoms with Crippen molar-refractivity contribution in [3.8, 4) is 11.1 Å². The molecule has 0 aliphatic heterocycles. The van der Waals surface area contributed by atoms with Gasteiger partial charge in [0.1, 0.15) is 5.82 Å². The molecule has 3 nitrogen and oxygen atoms in total. The number of aromatic carboxylic acids is 1. The first-order chi connectivity index (χ1) is 8.09. The Morgan fingerprint density at radius 3 is 2.76 bits per heavy atom. The molecular weight excluding hydrogens is 245 g/mol. The second-order valence-corrected chi connectivity index (χ2v) is 3.79. The summed E-state index contributed by atoms with van der Waals surface area (Å²) in [6.07, 6.45) is 2.58. The van der Waals surface area contributed by atoms with Crippen LogP contribution in [0.4, 0.5) is 4.39 Å². The minimum Gasteiger partial charge on any atom is -0.478 e. The third kappa shape index (κ3) is 2.26. The van der Waals surface area contributed by atoms with E-state index in [4.69, 9.17) is 16.7 Å². The van der Waals surface area contributed by atoms with E-state index < -0.39 is 11.8 Å². The van der Waals surface area contributed by atoms with Gasteiger partial charge in [0, 0.05) is 28.5 Å². The third-order valence-corrected chi connectivity index (χ3v) is 2.51. The van der Waals surface area contributed by atoms with Crippen molar-refractivity contribution in [3.63, 3.8) is 0 Å². The van der Waals surface area contributed by atoms with Gasteiger partial charge < -0.3 is 5.11 Å². The average molecular weight is 252 g/mol. The molecule has 1 N–H and O–H groups in total. The molecule has 0 unspecified atom stereocenters. The zero-order valence-corrected chi connectivity index (χ0v) is 9.28. The highest BCUT2D eigenvalue weighted by Gasteiger charge is 2.14. The lowest BCUT2D eigenvalue weighted by Gasteiger charge is -2.07. The molecule has 2 aromatic rings. The predicted molar refractivity (Wildman–Crippen MR) is 61.6 cm³/mol. The van der Waals surface area contributed by atoms with Crippen LogP contribution in [-0.2, 0) is 0 Å². The number of pyridine rings is 1. The Bertz CT molecular complexity index is 586. The van der Waals surface area contributed by atoms with Crippen molar-refractivity contribution in [2.45, 2.75) is 0 Å². The average Bonchev–Trinajstić information content (AvgIpc) is 2.32. The molecule has 0 aliphatic carbocycles. The summed E-state index contributed by atoms with van der Waals surface area (Å²) < 4.78 is 13.6. The van der Waals surface area contributed by atoms with Crippen LogP contribution in [0.5, 0.6) is 0 Å². The molecule has 0 atom stereocenters. The molecule has 0 radical (unpaired) electrons. The van der Waals surface area contributed by atoms with Gasteiger partial charge in [0.15, 0.2) is 0 Å². The molecule has 5 heteroatoms. The van der Waals surface area contributed by atoms with E-state index in [1.807, 2.05) is 0 Å². The van der Waals surface area contributed by atoms with Crippen LogP contribution in [-0.4, -0.2) is 16.1 Å². The number of nitrogens with zero attached hydrogens (tertiary/aromatic N) is 1. The molecule has 0 saturated carbocycles. The number of carboxylic acids is 1. The lowest BCUT2D eigenvalue weighted by molar-refractivity contribution is 0.0697. The first kappa shape index (κ1) is 11.5. The number of carboxylic acid groups (broad SMARTS) is 1. The minimum atomic E-state index is -1.16. The molecule has 1 heterocycles. The van der Waals surface area contributed by atoms with E-state index in [9.17, 15) is 9.18 Å². The third-order valence-electron chi connectivity index (χ3n) is 2.27. The highest BCUT2D eigenvalue weighted by molar-refractivity contribution is 6.30. The normalized spacial score (nSPS) is 10.2. The summed E-state index contributed by atoms with van der Waals surface area (Å²) in [7, 11) is 0. The molecule has 1 aromatic heterocycles. The number of halogens is 2. The maximum atomic E-state index is 13.6. The van der Waals surface area contributed by atoms with Gasteiger partial charge in [-0.1, -0.05) is 11.6 Å². The van der Waals surface area contributed by atoms with Gasteiger partial charge in [0.2, 0.25) is 0 Å². The first-order valence-electron chi connectivity index (χ1n) is 4.72. The second kappa shape index (κ2) is 4.51. The van der Waals surface area contributed by atoms with E-state index in [-0.39, 0.29) is 16.7 Å². The summed E-state index contributed by atoms with van der Waals surface area (Å²) in [5.74, 6) is -1.68. The quantitative estimate of drug-likeness (QED) is 0.891. The Hall–Kier alpha value is -1.94. The summed E-state index contributed by atoms with van der Waals surface area (Å²) in [5.41, 5.74) is 0.346. The van der Waals surface area contributed by atoms with E-state index in [1.54, 1.807) is 0 Å². The van der Waals surface area contributed by atoms with Crippen molar-refractivity contribution in [2.75, 3.05) is 0 Å². The van der Waals surface area contributed by atoms with Crippen molar-refractivity contribution in [3.05, 3.63) is 53.1 Å². The fourth-order valence-corrected chi connectivity index (χ4v) is 1.68. The molecule has 2 rings (SSSR count). The lowest BCUT2D eigenvalue weighted by Crippen LogP contribution is -2.01. The fraction of sp³-hybridized carbons (Fsp3) is 0. The van der Waals surface area contributed by atoms with E-state index in [2.05, 4.69) is 4.98 Å². The highest BCUT2D eigenvalue weighted by Crippen LogP contribution is 2.28. The number of benzene rings is 1. The number of carbonyl (C=O) groups is 1. The zero-order chi connectivity index (χ0) is 12.4. The van der Waals surface area contributed by atoms with Gasteiger partial charge in [-0.2, -0.15) is 0 Å². The topological polar surface area (TPSA) is 50.2 Å². The van der Waals surface area contributed by atoms with Crippen molar-refractivity contribution in [1.29, 1.82) is 0 Å². The Balaban J connectivity index is 2.68. The maximum Gasteiger partial charge on any atom is 0.337 e. The molecule has 0 amide bonds. The standard InChI is InChI=1S/C12H7ClFNO2/c13-7-1-2-11(14)9(5-7)8-3-4-15-6-10(8)12(16)17/h1-6H,(H,16,17). The SMILES string of the molecule is O=C(O)c1cnccc1-c1cc(Cl)ccc1F. The number of rotatable bonds is 2. The summed E-state index contributed by atoms with van der Waals surface area (Å²) >= 11 is 5.77. The molecule has 0 bridgehead atoms. The molecule has 0 fully saturated rings. The van der Waals surface area contributed by atoms with E-state index in [0.29, 0.717) is 5.02 Å². The van der Waals surface area contributed by atoms with Crippen LogP contribution in [0.3, 0.4) is 0 Å². The smallest absolute Gasteiger partial charge is 0.337 e. The van der Waals surface area contributed by atoms with Gasteiger partial charge >= 0.3 is 5.97 Å². The zero-order valence-electron chi connectivity index (χ0n) is 8.52. The Morgan fingerprint density at radius 1 is 1.29 bits per heavy atom. The van der Waals surface area contributed by atoms with Gasteiger partial charge in [-0.25, -0.2) is 9.18 Å². The Morgan fingerprint density at radius 2 is 2.06 bits per heavy atom. The van der Waals surface area contributed by atoms with E-state index >= 15 is 0 Å². The van der Waals surface area contributed by atoms with Gasteiger partial charge in [-0.15, -0.1) is 0 Å². The maximum absolute atomic E-state index is 13.6. The van der Waals surface area contributed by atoms with Gasteiger partial charge in [0.25, 0.3) is 0 Å². The molecular formula is C12H7ClFNO2.